The van der Waals surface area contributed by atoms with Crippen LogP contribution in [0.4, 0.5) is 13.2 Å². The van der Waals surface area contributed by atoms with Crippen LogP contribution >= 0.6 is 0 Å². The quantitative estimate of drug-likeness (QED) is 0.616. The summed E-state index contributed by atoms with van der Waals surface area (Å²) in [5.74, 6) is -1.32. The van der Waals surface area contributed by atoms with Crippen molar-refractivity contribution in [2.75, 3.05) is 6.54 Å². The molecule has 0 radical (unpaired) electrons. The molecule has 1 aromatic rings. The smallest absolute Gasteiger partial charge is 0.330 e. The van der Waals surface area contributed by atoms with Crippen molar-refractivity contribution in [3.8, 4) is 0 Å². The van der Waals surface area contributed by atoms with Crippen LogP contribution in [0.1, 0.15) is 40.7 Å². The maximum absolute atomic E-state index is 13.1. The molecule has 2 atom stereocenters. The van der Waals surface area contributed by atoms with Crippen LogP contribution < -0.4 is 16.4 Å². The zero-order valence-electron chi connectivity index (χ0n) is 15.0. The molecule has 2 unspecified atom stereocenters. The van der Waals surface area contributed by atoms with Crippen molar-refractivity contribution >= 4 is 17.7 Å². The summed E-state index contributed by atoms with van der Waals surface area (Å²) >= 11 is 0. The topological polar surface area (TPSA) is 105 Å². The monoisotopic (exact) mass is 398 g/mol. The minimum Gasteiger partial charge on any atom is -0.330 e. The molecule has 1 fully saturated rings. The number of amides is 3. The maximum atomic E-state index is 13.1. The fourth-order valence-corrected chi connectivity index (χ4v) is 3.62. The minimum absolute atomic E-state index is 0.119. The van der Waals surface area contributed by atoms with E-state index in [9.17, 15) is 27.6 Å². The van der Waals surface area contributed by atoms with Crippen LogP contribution in [-0.4, -0.2) is 47.4 Å². The Morgan fingerprint density at radius 1 is 1.29 bits per heavy atom. The molecular weight excluding hydrogens is 377 g/mol. The molecular formula is C18H21F3N4O3. The third-order valence-electron chi connectivity index (χ3n) is 5.03. The molecule has 0 aromatic heterocycles. The van der Waals surface area contributed by atoms with Crippen LogP contribution in [0.2, 0.25) is 0 Å². The molecule has 3 amide bonds. The molecule has 0 aliphatic carbocycles. The van der Waals surface area contributed by atoms with Crippen LogP contribution in [0.25, 0.3) is 0 Å². The van der Waals surface area contributed by atoms with Crippen molar-refractivity contribution in [2.45, 2.75) is 50.6 Å². The van der Waals surface area contributed by atoms with Crippen molar-refractivity contribution in [1.29, 1.82) is 0 Å². The number of imide groups is 1. The summed E-state index contributed by atoms with van der Waals surface area (Å²) in [6.07, 6.45) is -4.35. The summed E-state index contributed by atoms with van der Waals surface area (Å²) in [5, 5.41) is 4.65. The number of nitrogens with two attached hydrogens (primary N) is 1. The van der Waals surface area contributed by atoms with Crippen molar-refractivity contribution in [3.05, 3.63) is 34.9 Å². The van der Waals surface area contributed by atoms with Gasteiger partial charge in [-0.25, -0.2) is 0 Å². The predicted octanol–water partition coefficient (Wildman–Crippen LogP) is 0.817. The summed E-state index contributed by atoms with van der Waals surface area (Å²) in [4.78, 5) is 37.7. The van der Waals surface area contributed by atoms with Crippen LogP contribution in [0, 0.1) is 0 Å². The first kappa shape index (κ1) is 20.3. The van der Waals surface area contributed by atoms with Crippen LogP contribution in [0.15, 0.2) is 18.2 Å². The highest BCUT2D eigenvalue weighted by molar-refractivity contribution is 6.05. The van der Waals surface area contributed by atoms with E-state index in [0.717, 1.165) is 0 Å². The first-order chi connectivity index (χ1) is 13.2. The Kier molecular flexibility index (Phi) is 5.71. The van der Waals surface area contributed by atoms with Crippen molar-refractivity contribution in [3.63, 3.8) is 0 Å². The summed E-state index contributed by atoms with van der Waals surface area (Å²) in [6.45, 7) is -0.0889. The second-order valence-corrected chi connectivity index (χ2v) is 6.90. The average molecular weight is 398 g/mol. The van der Waals surface area contributed by atoms with Gasteiger partial charge in [0.05, 0.1) is 0 Å². The summed E-state index contributed by atoms with van der Waals surface area (Å²) < 4.78 is 39.2. The summed E-state index contributed by atoms with van der Waals surface area (Å²) in [6, 6.07) is 2.44. The highest BCUT2D eigenvalue weighted by Crippen LogP contribution is 2.30. The van der Waals surface area contributed by atoms with E-state index in [-0.39, 0.29) is 44.8 Å². The van der Waals surface area contributed by atoms with Gasteiger partial charge < -0.3 is 16.0 Å². The summed E-state index contributed by atoms with van der Waals surface area (Å²) in [5.41, 5.74) is 6.66. The molecule has 28 heavy (non-hydrogen) atoms. The molecule has 7 nitrogen and oxygen atoms in total. The van der Waals surface area contributed by atoms with Gasteiger partial charge in [0.1, 0.15) is 12.1 Å². The van der Waals surface area contributed by atoms with E-state index in [0.29, 0.717) is 16.7 Å². The zero-order valence-corrected chi connectivity index (χ0v) is 15.0. The molecule has 2 aliphatic heterocycles. The van der Waals surface area contributed by atoms with Crippen LogP contribution in [0.3, 0.4) is 0 Å². The first-order valence-corrected chi connectivity index (χ1v) is 8.98. The number of alkyl halides is 3. The number of nitrogens with one attached hydrogen (secondary N) is 2. The third kappa shape index (κ3) is 4.02. The number of hydrogen-bond acceptors (Lipinski definition) is 5. The van der Waals surface area contributed by atoms with E-state index in [4.69, 9.17) is 5.73 Å². The fraction of sp³-hybridized carbons (Fsp3) is 0.500. The molecule has 152 valence electrons. The van der Waals surface area contributed by atoms with Gasteiger partial charge in [0, 0.05) is 25.1 Å². The molecule has 10 heteroatoms. The van der Waals surface area contributed by atoms with Crippen molar-refractivity contribution < 1.29 is 27.6 Å². The first-order valence-electron chi connectivity index (χ1n) is 8.98. The van der Waals surface area contributed by atoms with E-state index in [1.165, 1.54) is 4.90 Å². The van der Waals surface area contributed by atoms with Gasteiger partial charge in [-0.2, -0.15) is 13.2 Å². The summed E-state index contributed by atoms with van der Waals surface area (Å²) in [7, 11) is 0. The van der Waals surface area contributed by atoms with Gasteiger partial charge >= 0.3 is 6.18 Å². The lowest BCUT2D eigenvalue weighted by molar-refractivity contribution is -0.157. The minimum atomic E-state index is -4.44. The lowest BCUT2D eigenvalue weighted by atomic mass is 10.0. The van der Waals surface area contributed by atoms with Gasteiger partial charge in [0.2, 0.25) is 11.8 Å². The number of carbonyl (C=O) groups excluding carboxylic acids is 3. The Morgan fingerprint density at radius 3 is 2.68 bits per heavy atom. The molecule has 2 heterocycles. The highest BCUT2D eigenvalue weighted by atomic mass is 19.4. The third-order valence-corrected chi connectivity index (χ3v) is 5.03. The molecule has 2 aliphatic rings. The van der Waals surface area contributed by atoms with Gasteiger partial charge in [0.15, 0.2) is 0 Å². The van der Waals surface area contributed by atoms with Gasteiger partial charge in [-0.15, -0.1) is 0 Å². The second kappa shape index (κ2) is 7.88. The van der Waals surface area contributed by atoms with E-state index < -0.39 is 30.1 Å². The Labute approximate surface area is 159 Å². The number of halogens is 3. The van der Waals surface area contributed by atoms with Crippen molar-refractivity contribution in [1.82, 2.24) is 15.5 Å². The molecule has 3 rings (SSSR count). The van der Waals surface area contributed by atoms with Crippen LogP contribution in [0.5, 0.6) is 0 Å². The average Bonchev–Trinajstić information content (AvgIpc) is 2.95. The number of hydrogen-bond donors (Lipinski definition) is 3. The normalized spacial score (nSPS) is 20.9. The number of piperidine rings is 1. The van der Waals surface area contributed by atoms with E-state index in [1.807, 2.05) is 0 Å². The standard InChI is InChI=1S/C18H21F3N4O3/c19-18(20,21)13(6-7-22)23-8-10-2-1-3-11-9-25(17(28)15(10)11)12-4-5-14(26)24-16(12)27/h1-3,12-13,23H,4-9,22H2,(H,24,26,27). The second-order valence-electron chi connectivity index (χ2n) is 6.90. The molecule has 1 aromatic carbocycles. The number of rotatable bonds is 6. The van der Waals surface area contributed by atoms with E-state index >= 15 is 0 Å². The molecule has 4 N–H and O–H groups in total. The highest BCUT2D eigenvalue weighted by Gasteiger charge is 2.41. The van der Waals surface area contributed by atoms with E-state index in [1.54, 1.807) is 18.2 Å². The lowest BCUT2D eigenvalue weighted by Gasteiger charge is -2.29. The van der Waals surface area contributed by atoms with Gasteiger partial charge in [0.25, 0.3) is 5.91 Å². The maximum Gasteiger partial charge on any atom is 0.403 e. The zero-order chi connectivity index (χ0) is 20.5. The Balaban J connectivity index is 1.77. The predicted molar refractivity (Wildman–Crippen MR) is 92.8 cm³/mol. The SMILES string of the molecule is NCCC(NCc1cccc2c1C(=O)N(C1CCC(=O)NC1=O)C2)C(F)(F)F. The van der Waals surface area contributed by atoms with Gasteiger partial charge in [-0.05, 0) is 30.5 Å². The molecule has 0 spiro atoms. The van der Waals surface area contributed by atoms with Crippen LogP contribution in [-0.2, 0) is 22.7 Å². The van der Waals surface area contributed by atoms with E-state index in [2.05, 4.69) is 10.6 Å². The Bertz CT molecular complexity index is 797. The molecule has 0 saturated carbocycles. The number of carbonyl (C=O) groups is 3. The molecule has 1 saturated heterocycles. The lowest BCUT2D eigenvalue weighted by Crippen LogP contribution is -2.52. The number of fused-ring (bicyclic) bond motifs is 1. The molecule has 0 bridgehead atoms. The number of nitrogens with zero attached hydrogens (tertiary/aromatic N) is 1. The van der Waals surface area contributed by atoms with Gasteiger partial charge in [-0.3, -0.25) is 19.7 Å². The fourth-order valence-electron chi connectivity index (χ4n) is 3.62. The largest absolute Gasteiger partial charge is 0.403 e. The van der Waals surface area contributed by atoms with Gasteiger partial charge in [-0.1, -0.05) is 18.2 Å². The number of benzene rings is 1. The van der Waals surface area contributed by atoms with Crippen molar-refractivity contribution in [2.24, 2.45) is 5.73 Å². The Hall–Kier alpha value is -2.46. The Morgan fingerprint density at radius 2 is 2.04 bits per heavy atom.